The molecule has 19 heavy (non-hydrogen) atoms. The summed E-state index contributed by atoms with van der Waals surface area (Å²) in [7, 11) is 3.96. The molecule has 104 valence electrons. The molecule has 2 rings (SSSR count). The largest absolute Gasteiger partial charge is 0.336 e. The molecule has 1 unspecified atom stereocenters. The van der Waals surface area contributed by atoms with Crippen LogP contribution in [0.15, 0.2) is 24.3 Å². The number of amides is 2. The number of likely N-dealkylation sites (N-methyl/N-ethyl adjacent to an activating group) is 1. The van der Waals surface area contributed by atoms with Gasteiger partial charge in [0, 0.05) is 17.6 Å². The third-order valence-electron chi connectivity index (χ3n) is 3.26. The van der Waals surface area contributed by atoms with Crippen molar-refractivity contribution in [2.75, 3.05) is 20.6 Å². The zero-order chi connectivity index (χ0) is 13.8. The van der Waals surface area contributed by atoms with Crippen LogP contribution in [0.5, 0.6) is 0 Å². The van der Waals surface area contributed by atoms with Crippen molar-refractivity contribution in [3.05, 3.63) is 34.9 Å². The van der Waals surface area contributed by atoms with Gasteiger partial charge in [-0.1, -0.05) is 29.8 Å². The van der Waals surface area contributed by atoms with E-state index < -0.39 is 0 Å². The molecule has 2 N–H and O–H groups in total. The average Bonchev–Trinajstić information content (AvgIpc) is 3.15. The number of urea groups is 1. The van der Waals surface area contributed by atoms with Crippen LogP contribution in [0.2, 0.25) is 5.02 Å². The predicted octanol–water partition coefficient (Wildman–Crippen LogP) is 2.40. The van der Waals surface area contributed by atoms with Crippen LogP contribution in [0.4, 0.5) is 4.79 Å². The first-order valence-electron chi connectivity index (χ1n) is 6.53. The van der Waals surface area contributed by atoms with Gasteiger partial charge >= 0.3 is 6.03 Å². The molecule has 0 aliphatic heterocycles. The molecule has 1 aromatic carbocycles. The van der Waals surface area contributed by atoms with Gasteiger partial charge in [-0.25, -0.2) is 4.79 Å². The number of nitrogens with zero attached hydrogens (tertiary/aromatic N) is 1. The van der Waals surface area contributed by atoms with E-state index in [1.54, 1.807) is 0 Å². The maximum Gasteiger partial charge on any atom is 0.315 e. The summed E-state index contributed by atoms with van der Waals surface area (Å²) in [6.45, 7) is 0.537. The summed E-state index contributed by atoms with van der Waals surface area (Å²) in [5, 5.41) is 6.55. The smallest absolute Gasteiger partial charge is 0.315 e. The molecule has 0 saturated heterocycles. The highest BCUT2D eigenvalue weighted by atomic mass is 35.5. The van der Waals surface area contributed by atoms with Crippen LogP contribution in [-0.4, -0.2) is 37.6 Å². The van der Waals surface area contributed by atoms with E-state index in [0.717, 1.165) is 23.4 Å². The molecule has 0 spiro atoms. The van der Waals surface area contributed by atoms with E-state index in [2.05, 4.69) is 15.5 Å². The summed E-state index contributed by atoms with van der Waals surface area (Å²) in [6, 6.07) is 8.08. The second kappa shape index (κ2) is 6.26. The maximum absolute atomic E-state index is 11.7. The van der Waals surface area contributed by atoms with Gasteiger partial charge in [0.25, 0.3) is 0 Å². The molecule has 2 amide bonds. The lowest BCUT2D eigenvalue weighted by atomic mass is 10.1. The van der Waals surface area contributed by atoms with Crippen molar-refractivity contribution in [3.63, 3.8) is 0 Å². The van der Waals surface area contributed by atoms with Crippen molar-refractivity contribution in [2.45, 2.75) is 24.9 Å². The Labute approximate surface area is 119 Å². The molecular formula is C14H20ClN3O. The number of nitrogens with one attached hydrogen (secondary N) is 2. The summed E-state index contributed by atoms with van der Waals surface area (Å²) in [6.07, 6.45) is 2.18. The van der Waals surface area contributed by atoms with Gasteiger partial charge in [0.15, 0.2) is 0 Å². The number of halogens is 1. The zero-order valence-corrected chi connectivity index (χ0v) is 12.1. The standard InChI is InChI=1S/C14H20ClN3O/c1-18(2)13(11-5-3-4-6-12(11)15)9-16-14(19)17-10-7-8-10/h3-6,10,13H,7-9H2,1-2H3,(H2,16,17,19). The van der Waals surface area contributed by atoms with Gasteiger partial charge in [0.1, 0.15) is 0 Å². The Morgan fingerprint density at radius 1 is 1.42 bits per heavy atom. The molecule has 0 bridgehead atoms. The van der Waals surface area contributed by atoms with E-state index >= 15 is 0 Å². The van der Waals surface area contributed by atoms with Gasteiger partial charge in [-0.15, -0.1) is 0 Å². The van der Waals surface area contributed by atoms with Crippen LogP contribution in [0, 0.1) is 0 Å². The Hall–Kier alpha value is -1.26. The second-order valence-corrected chi connectivity index (χ2v) is 5.54. The van der Waals surface area contributed by atoms with Gasteiger partial charge in [-0.2, -0.15) is 0 Å². The highest BCUT2D eigenvalue weighted by Gasteiger charge is 2.24. The maximum atomic E-state index is 11.7. The highest BCUT2D eigenvalue weighted by Crippen LogP contribution is 2.25. The molecule has 1 saturated carbocycles. The third kappa shape index (κ3) is 4.11. The van der Waals surface area contributed by atoms with E-state index in [4.69, 9.17) is 11.6 Å². The van der Waals surface area contributed by atoms with Gasteiger partial charge in [-0.3, -0.25) is 0 Å². The van der Waals surface area contributed by atoms with E-state index in [1.807, 2.05) is 38.4 Å². The minimum Gasteiger partial charge on any atom is -0.336 e. The lowest BCUT2D eigenvalue weighted by Gasteiger charge is -2.26. The van der Waals surface area contributed by atoms with Crippen molar-refractivity contribution < 1.29 is 4.79 Å². The monoisotopic (exact) mass is 281 g/mol. The van der Waals surface area contributed by atoms with Crippen LogP contribution in [0.3, 0.4) is 0 Å². The number of carbonyl (C=O) groups excluding carboxylic acids is 1. The molecule has 1 aromatic rings. The van der Waals surface area contributed by atoms with E-state index in [0.29, 0.717) is 12.6 Å². The SMILES string of the molecule is CN(C)C(CNC(=O)NC1CC1)c1ccccc1Cl. The van der Waals surface area contributed by atoms with Gasteiger partial charge < -0.3 is 15.5 Å². The predicted molar refractivity (Wildman–Crippen MR) is 77.4 cm³/mol. The van der Waals surface area contributed by atoms with Crippen LogP contribution >= 0.6 is 11.6 Å². The molecule has 4 nitrogen and oxygen atoms in total. The van der Waals surface area contributed by atoms with Gasteiger partial charge in [-0.05, 0) is 38.6 Å². The first kappa shape index (κ1) is 14.2. The Balaban J connectivity index is 1.96. The fourth-order valence-electron chi connectivity index (χ4n) is 1.97. The molecule has 0 radical (unpaired) electrons. The Morgan fingerprint density at radius 3 is 2.68 bits per heavy atom. The van der Waals surface area contributed by atoms with Crippen molar-refractivity contribution in [1.29, 1.82) is 0 Å². The molecule has 1 fully saturated rings. The van der Waals surface area contributed by atoms with Gasteiger partial charge in [0.05, 0.1) is 6.04 Å². The summed E-state index contributed by atoms with van der Waals surface area (Å²) < 4.78 is 0. The molecular weight excluding hydrogens is 262 g/mol. The zero-order valence-electron chi connectivity index (χ0n) is 11.3. The van der Waals surface area contributed by atoms with Crippen LogP contribution in [0.1, 0.15) is 24.4 Å². The normalized spacial score (nSPS) is 16.2. The number of hydrogen-bond donors (Lipinski definition) is 2. The van der Waals surface area contributed by atoms with Crippen LogP contribution in [0.25, 0.3) is 0 Å². The Bertz CT molecular complexity index is 446. The summed E-state index contributed by atoms with van der Waals surface area (Å²) >= 11 is 6.22. The number of benzene rings is 1. The lowest BCUT2D eigenvalue weighted by molar-refractivity contribution is 0.232. The van der Waals surface area contributed by atoms with Crippen molar-refractivity contribution >= 4 is 17.6 Å². The van der Waals surface area contributed by atoms with Crippen molar-refractivity contribution in [2.24, 2.45) is 0 Å². The van der Waals surface area contributed by atoms with Crippen molar-refractivity contribution in [1.82, 2.24) is 15.5 Å². The fourth-order valence-corrected chi connectivity index (χ4v) is 2.23. The number of hydrogen-bond acceptors (Lipinski definition) is 2. The molecule has 0 aromatic heterocycles. The molecule has 0 heterocycles. The number of carbonyl (C=O) groups is 1. The third-order valence-corrected chi connectivity index (χ3v) is 3.60. The van der Waals surface area contributed by atoms with Gasteiger partial charge in [0.2, 0.25) is 0 Å². The molecule has 1 aliphatic rings. The Kier molecular flexibility index (Phi) is 4.66. The first-order chi connectivity index (χ1) is 9.08. The average molecular weight is 282 g/mol. The lowest BCUT2D eigenvalue weighted by Crippen LogP contribution is -2.41. The van der Waals surface area contributed by atoms with Crippen molar-refractivity contribution in [3.8, 4) is 0 Å². The highest BCUT2D eigenvalue weighted by molar-refractivity contribution is 6.31. The quantitative estimate of drug-likeness (QED) is 0.870. The minimum absolute atomic E-state index is 0.0682. The fraction of sp³-hybridized carbons (Fsp3) is 0.500. The molecule has 5 heteroatoms. The summed E-state index contributed by atoms with van der Waals surface area (Å²) in [5.74, 6) is 0. The molecule has 1 atom stereocenters. The van der Waals surface area contributed by atoms with Crippen LogP contribution in [-0.2, 0) is 0 Å². The Morgan fingerprint density at radius 2 is 2.11 bits per heavy atom. The molecule has 1 aliphatic carbocycles. The topological polar surface area (TPSA) is 44.4 Å². The minimum atomic E-state index is -0.0959. The van der Waals surface area contributed by atoms with Crippen LogP contribution < -0.4 is 10.6 Å². The summed E-state index contributed by atoms with van der Waals surface area (Å²) in [4.78, 5) is 13.7. The van der Waals surface area contributed by atoms with E-state index in [1.165, 1.54) is 0 Å². The first-order valence-corrected chi connectivity index (χ1v) is 6.91. The second-order valence-electron chi connectivity index (χ2n) is 5.13. The van der Waals surface area contributed by atoms with E-state index in [-0.39, 0.29) is 12.1 Å². The summed E-state index contributed by atoms with van der Waals surface area (Å²) in [5.41, 5.74) is 1.03. The number of rotatable bonds is 5. The van der Waals surface area contributed by atoms with E-state index in [9.17, 15) is 4.79 Å².